The lowest BCUT2D eigenvalue weighted by Gasteiger charge is -2.36. The van der Waals surface area contributed by atoms with E-state index in [9.17, 15) is 9.50 Å². The van der Waals surface area contributed by atoms with Gasteiger partial charge in [0.25, 0.3) is 0 Å². The van der Waals surface area contributed by atoms with Gasteiger partial charge >= 0.3 is 0 Å². The van der Waals surface area contributed by atoms with Crippen molar-refractivity contribution >= 4 is 0 Å². The molecule has 2 atom stereocenters. The molecule has 1 aromatic carbocycles. The Hall–Kier alpha value is -0.930. The molecule has 1 aliphatic heterocycles. The van der Waals surface area contributed by atoms with Crippen LogP contribution in [0.15, 0.2) is 24.3 Å². The van der Waals surface area contributed by atoms with Crippen molar-refractivity contribution in [1.82, 2.24) is 0 Å². The lowest BCUT2D eigenvalue weighted by atomic mass is 9.89. The molecule has 0 radical (unpaired) electrons. The van der Waals surface area contributed by atoms with E-state index in [1.165, 1.54) is 12.1 Å². The lowest BCUT2D eigenvalue weighted by molar-refractivity contribution is -0.232. The molecular formula is C14H19FO2. The average Bonchev–Trinajstić information content (AvgIpc) is 2.31. The van der Waals surface area contributed by atoms with Crippen LogP contribution in [0.3, 0.4) is 0 Å². The molecule has 2 unspecified atom stereocenters. The summed E-state index contributed by atoms with van der Waals surface area (Å²) >= 11 is 0. The van der Waals surface area contributed by atoms with Gasteiger partial charge in [-0.15, -0.1) is 0 Å². The lowest BCUT2D eigenvalue weighted by Crippen LogP contribution is -2.38. The number of halogens is 1. The zero-order chi connectivity index (χ0) is 12.3. The fourth-order valence-electron chi connectivity index (χ4n) is 2.40. The molecule has 1 fully saturated rings. The summed E-state index contributed by atoms with van der Waals surface area (Å²) in [7, 11) is 0. The zero-order valence-corrected chi connectivity index (χ0v) is 10.2. The number of ether oxygens (including phenoxy) is 1. The second kappa shape index (κ2) is 5.15. The molecule has 17 heavy (non-hydrogen) atoms. The smallest absolute Gasteiger partial charge is 0.165 e. The molecule has 1 aliphatic rings. The van der Waals surface area contributed by atoms with E-state index in [-0.39, 0.29) is 11.7 Å². The Bertz CT molecular complexity index is 353. The van der Waals surface area contributed by atoms with Crippen LogP contribution in [0, 0.1) is 5.82 Å². The highest BCUT2D eigenvalue weighted by Gasteiger charge is 2.33. The number of hydrogen-bond acceptors (Lipinski definition) is 2. The molecule has 3 heteroatoms. The summed E-state index contributed by atoms with van der Waals surface area (Å²) in [6.07, 6.45) is 3.14. The third-order valence-corrected chi connectivity index (χ3v) is 3.42. The van der Waals surface area contributed by atoms with Crippen molar-refractivity contribution in [3.05, 3.63) is 35.6 Å². The van der Waals surface area contributed by atoms with Crippen molar-refractivity contribution in [1.29, 1.82) is 0 Å². The maximum Gasteiger partial charge on any atom is 0.165 e. The van der Waals surface area contributed by atoms with Gasteiger partial charge in [-0.05, 0) is 24.1 Å². The van der Waals surface area contributed by atoms with Crippen molar-refractivity contribution in [3.63, 3.8) is 0 Å². The minimum Gasteiger partial charge on any atom is -0.365 e. The van der Waals surface area contributed by atoms with Gasteiger partial charge in [-0.25, -0.2) is 4.39 Å². The first-order chi connectivity index (χ1) is 8.13. The SMILES string of the molecule is CCCC1(O)CCC(c2ccc(F)cc2)CO1. The third kappa shape index (κ3) is 3.05. The van der Waals surface area contributed by atoms with Crippen LogP contribution in [0.1, 0.15) is 44.1 Å². The van der Waals surface area contributed by atoms with E-state index in [2.05, 4.69) is 0 Å². The van der Waals surface area contributed by atoms with Crippen LogP contribution < -0.4 is 0 Å². The van der Waals surface area contributed by atoms with Crippen molar-refractivity contribution in [2.45, 2.75) is 44.3 Å². The van der Waals surface area contributed by atoms with Crippen LogP contribution in [0.5, 0.6) is 0 Å². The van der Waals surface area contributed by atoms with Crippen LogP contribution in [-0.2, 0) is 4.74 Å². The summed E-state index contributed by atoms with van der Waals surface area (Å²) in [6.45, 7) is 2.55. The third-order valence-electron chi connectivity index (χ3n) is 3.42. The molecule has 94 valence electrons. The minimum absolute atomic E-state index is 0.215. The van der Waals surface area contributed by atoms with E-state index < -0.39 is 5.79 Å². The Morgan fingerprint density at radius 3 is 2.65 bits per heavy atom. The zero-order valence-electron chi connectivity index (χ0n) is 10.2. The Balaban J connectivity index is 1.97. The largest absolute Gasteiger partial charge is 0.365 e. The van der Waals surface area contributed by atoms with Gasteiger partial charge in [-0.3, -0.25) is 0 Å². The van der Waals surface area contributed by atoms with Gasteiger partial charge in [0.2, 0.25) is 0 Å². The summed E-state index contributed by atoms with van der Waals surface area (Å²) in [5, 5.41) is 10.1. The van der Waals surface area contributed by atoms with E-state index in [1.54, 1.807) is 12.1 Å². The van der Waals surface area contributed by atoms with Gasteiger partial charge in [0, 0.05) is 18.8 Å². The molecule has 0 aromatic heterocycles. The first-order valence-electron chi connectivity index (χ1n) is 6.25. The fourth-order valence-corrected chi connectivity index (χ4v) is 2.40. The molecule has 2 nitrogen and oxygen atoms in total. The quantitative estimate of drug-likeness (QED) is 0.876. The Morgan fingerprint density at radius 2 is 2.12 bits per heavy atom. The predicted molar refractivity (Wildman–Crippen MR) is 64.2 cm³/mol. The standard InChI is InChI=1S/C14H19FO2/c1-2-8-14(16)9-7-12(10-17-14)11-3-5-13(15)6-4-11/h3-6,12,16H,2,7-10H2,1H3. The highest BCUT2D eigenvalue weighted by atomic mass is 19.1. The molecule has 1 N–H and O–H groups in total. The molecular weight excluding hydrogens is 219 g/mol. The van der Waals surface area contributed by atoms with Gasteiger partial charge < -0.3 is 9.84 Å². The molecule has 0 bridgehead atoms. The molecule has 1 saturated heterocycles. The van der Waals surface area contributed by atoms with Crippen LogP contribution in [0.25, 0.3) is 0 Å². The maximum absolute atomic E-state index is 12.8. The molecule has 1 heterocycles. The summed E-state index contributed by atoms with van der Waals surface area (Å²) in [5.74, 6) is -0.883. The molecule has 0 amide bonds. The van der Waals surface area contributed by atoms with Crippen molar-refractivity contribution in [3.8, 4) is 0 Å². The molecule has 2 rings (SSSR count). The van der Waals surface area contributed by atoms with E-state index in [4.69, 9.17) is 4.74 Å². The normalized spacial score (nSPS) is 29.2. The number of hydrogen-bond donors (Lipinski definition) is 1. The van der Waals surface area contributed by atoms with Crippen molar-refractivity contribution < 1.29 is 14.2 Å². The van der Waals surface area contributed by atoms with Crippen LogP contribution in [0.2, 0.25) is 0 Å². The molecule has 1 aromatic rings. The molecule has 0 saturated carbocycles. The topological polar surface area (TPSA) is 29.5 Å². The predicted octanol–water partition coefficient (Wildman–Crippen LogP) is 3.21. The van der Waals surface area contributed by atoms with Gasteiger partial charge in [-0.1, -0.05) is 25.5 Å². The Morgan fingerprint density at radius 1 is 1.41 bits per heavy atom. The summed E-state index contributed by atoms with van der Waals surface area (Å²) in [4.78, 5) is 0. The van der Waals surface area contributed by atoms with Crippen molar-refractivity contribution in [2.75, 3.05) is 6.61 Å². The van der Waals surface area contributed by atoms with E-state index >= 15 is 0 Å². The van der Waals surface area contributed by atoms with Crippen LogP contribution in [-0.4, -0.2) is 17.5 Å². The van der Waals surface area contributed by atoms with E-state index in [0.29, 0.717) is 19.4 Å². The molecule has 0 spiro atoms. The monoisotopic (exact) mass is 238 g/mol. The van der Waals surface area contributed by atoms with Crippen LogP contribution in [0.4, 0.5) is 4.39 Å². The van der Waals surface area contributed by atoms with Gasteiger partial charge in [0.15, 0.2) is 5.79 Å². The van der Waals surface area contributed by atoms with Crippen LogP contribution >= 0.6 is 0 Å². The minimum atomic E-state index is -0.939. The maximum atomic E-state index is 12.8. The van der Waals surface area contributed by atoms with Gasteiger partial charge in [0.05, 0.1) is 6.61 Å². The van der Waals surface area contributed by atoms with E-state index in [0.717, 1.165) is 18.4 Å². The number of rotatable bonds is 3. The summed E-state index contributed by atoms with van der Waals surface area (Å²) in [5.41, 5.74) is 1.09. The summed E-state index contributed by atoms with van der Waals surface area (Å²) < 4.78 is 18.4. The highest BCUT2D eigenvalue weighted by Crippen LogP contribution is 2.34. The number of aliphatic hydroxyl groups is 1. The van der Waals surface area contributed by atoms with E-state index in [1.807, 2.05) is 6.92 Å². The van der Waals surface area contributed by atoms with Gasteiger partial charge in [0.1, 0.15) is 5.82 Å². The number of benzene rings is 1. The van der Waals surface area contributed by atoms with Gasteiger partial charge in [-0.2, -0.15) is 0 Å². The first-order valence-corrected chi connectivity index (χ1v) is 6.25. The fraction of sp³-hybridized carbons (Fsp3) is 0.571. The second-order valence-electron chi connectivity index (χ2n) is 4.79. The highest BCUT2D eigenvalue weighted by molar-refractivity contribution is 5.21. The second-order valence-corrected chi connectivity index (χ2v) is 4.79. The van der Waals surface area contributed by atoms with Crippen molar-refractivity contribution in [2.24, 2.45) is 0 Å². The first kappa shape index (κ1) is 12.5. The molecule has 0 aliphatic carbocycles. The Labute approximate surface area is 101 Å². The Kier molecular flexibility index (Phi) is 3.79. The summed E-state index contributed by atoms with van der Waals surface area (Å²) in [6, 6.07) is 6.55. The average molecular weight is 238 g/mol.